The molecule has 0 spiro atoms. The highest BCUT2D eigenvalue weighted by molar-refractivity contribution is 6.08. The molecule has 13 heteroatoms. The number of hydrogen-bond acceptors (Lipinski definition) is 7. The quantitative estimate of drug-likeness (QED) is 0.177. The van der Waals surface area contributed by atoms with Gasteiger partial charge < -0.3 is 25.2 Å². The summed E-state index contributed by atoms with van der Waals surface area (Å²) in [4.78, 5) is 51.4. The Morgan fingerprint density at radius 3 is 2.37 bits per heavy atom. The lowest BCUT2D eigenvalue weighted by Crippen LogP contribution is -2.42. The number of nitrogens with one attached hydrogen (secondary N) is 2. The minimum atomic E-state index is -4.49. The van der Waals surface area contributed by atoms with E-state index in [1.54, 1.807) is 36.2 Å². The van der Waals surface area contributed by atoms with Crippen molar-refractivity contribution in [1.29, 1.82) is 0 Å². The van der Waals surface area contributed by atoms with Crippen LogP contribution in [0.5, 0.6) is 0 Å². The number of hydrogen-bond donors (Lipinski definition) is 2. The maximum Gasteiger partial charge on any atom is 0.416 e. The number of carbonyl (C=O) groups excluding carboxylic acids is 3. The molecule has 284 valence electrons. The van der Waals surface area contributed by atoms with Crippen LogP contribution in [0, 0.1) is 6.92 Å². The molecular weight excluding hydrogens is 697 g/mol. The molecule has 3 amide bonds. The molecule has 0 saturated carbocycles. The second-order valence-corrected chi connectivity index (χ2v) is 13.8. The number of nitrogens with zero attached hydrogens (tertiary/aromatic N) is 4. The third-order valence-corrected chi connectivity index (χ3v) is 9.77. The molecule has 6 rings (SSSR count). The van der Waals surface area contributed by atoms with Gasteiger partial charge in [-0.25, -0.2) is 0 Å². The molecule has 3 heterocycles. The first-order chi connectivity index (χ1) is 25.9. The lowest BCUT2D eigenvalue weighted by molar-refractivity contribution is -0.137. The van der Waals surface area contributed by atoms with Crippen LogP contribution in [0.4, 0.5) is 24.5 Å². The highest BCUT2D eigenvalue weighted by atomic mass is 19.4. The van der Waals surface area contributed by atoms with Crippen LogP contribution >= 0.6 is 0 Å². The summed E-state index contributed by atoms with van der Waals surface area (Å²) < 4.78 is 45.1. The average molecular weight is 743 g/mol. The molecule has 2 aliphatic rings. The number of ether oxygens (including phenoxy) is 1. The number of aryl methyl sites for hydroxylation is 1. The molecule has 0 bridgehead atoms. The van der Waals surface area contributed by atoms with Gasteiger partial charge in [0.05, 0.1) is 30.2 Å². The minimum Gasteiger partial charge on any atom is -0.379 e. The summed E-state index contributed by atoms with van der Waals surface area (Å²) in [5.74, 6) is -1.08. The van der Waals surface area contributed by atoms with Gasteiger partial charge >= 0.3 is 6.18 Å². The summed E-state index contributed by atoms with van der Waals surface area (Å²) in [7, 11) is 1.76. The number of morpholine rings is 1. The molecule has 2 fully saturated rings. The highest BCUT2D eigenvalue weighted by Gasteiger charge is 2.30. The van der Waals surface area contributed by atoms with E-state index in [0.29, 0.717) is 53.4 Å². The molecule has 4 aromatic rings. The Balaban J connectivity index is 1.22. The summed E-state index contributed by atoms with van der Waals surface area (Å²) in [6, 6.07) is 18.8. The van der Waals surface area contributed by atoms with E-state index in [9.17, 15) is 27.6 Å². The lowest BCUT2D eigenvalue weighted by Gasteiger charge is -2.29. The van der Waals surface area contributed by atoms with E-state index in [4.69, 9.17) is 4.74 Å². The van der Waals surface area contributed by atoms with Crippen molar-refractivity contribution in [3.63, 3.8) is 0 Å². The SMILES string of the molecule is Cc1cc(C(=O)Nc2ccc(N3CCCCC3)cc2-c2cc(C(=O)NCc3cccc(C(F)(F)F)c3)ccn2)cc(C(=O)N(C)CCN2CCOCC2)c1. The van der Waals surface area contributed by atoms with Gasteiger partial charge in [-0.2, -0.15) is 13.2 Å². The molecule has 10 nitrogen and oxygen atoms in total. The summed E-state index contributed by atoms with van der Waals surface area (Å²) in [5, 5.41) is 5.73. The van der Waals surface area contributed by atoms with Crippen molar-refractivity contribution in [1.82, 2.24) is 20.1 Å². The number of alkyl halides is 3. The molecule has 2 aliphatic heterocycles. The van der Waals surface area contributed by atoms with Gasteiger partial charge in [0.1, 0.15) is 0 Å². The third-order valence-electron chi connectivity index (χ3n) is 9.77. The predicted octanol–water partition coefficient (Wildman–Crippen LogP) is 6.65. The molecule has 0 aliphatic carbocycles. The van der Waals surface area contributed by atoms with E-state index >= 15 is 0 Å². The molecule has 3 aromatic carbocycles. The minimum absolute atomic E-state index is 0.100. The molecular formula is C41H45F3N6O4. The molecule has 2 N–H and O–H groups in total. The van der Waals surface area contributed by atoms with Gasteiger partial charge in [-0.1, -0.05) is 12.1 Å². The van der Waals surface area contributed by atoms with Gasteiger partial charge in [0.25, 0.3) is 17.7 Å². The van der Waals surface area contributed by atoms with Crippen molar-refractivity contribution >= 4 is 29.1 Å². The Morgan fingerprint density at radius 2 is 1.61 bits per heavy atom. The monoisotopic (exact) mass is 742 g/mol. The summed E-state index contributed by atoms with van der Waals surface area (Å²) in [6.07, 6.45) is 0.271. The standard InChI is InChI=1S/C41H45F3N6O4/c1-28-21-31(24-32(22-28)40(53)48(2)15-16-49-17-19-54-20-18-49)39(52)47-36-10-9-34(50-13-4-3-5-14-50)26-35(36)37-25-30(11-12-45-37)38(51)46-27-29-7-6-8-33(23-29)41(42,43)44/h6-12,21-26H,3-5,13-20,27H2,1-2H3,(H,46,51)(H,47,52). The predicted molar refractivity (Wildman–Crippen MR) is 202 cm³/mol. The van der Waals surface area contributed by atoms with Crippen LogP contribution in [-0.4, -0.2) is 92.0 Å². The molecule has 54 heavy (non-hydrogen) atoms. The fourth-order valence-electron chi connectivity index (χ4n) is 6.73. The zero-order valence-corrected chi connectivity index (χ0v) is 30.5. The van der Waals surface area contributed by atoms with E-state index in [1.807, 2.05) is 25.1 Å². The van der Waals surface area contributed by atoms with E-state index < -0.39 is 23.6 Å². The zero-order valence-electron chi connectivity index (χ0n) is 30.5. The van der Waals surface area contributed by atoms with Crippen LogP contribution in [0.2, 0.25) is 0 Å². The van der Waals surface area contributed by atoms with Crippen LogP contribution < -0.4 is 15.5 Å². The first-order valence-corrected chi connectivity index (χ1v) is 18.2. The average Bonchev–Trinajstić information content (AvgIpc) is 3.19. The number of carbonyl (C=O) groups is 3. The fourth-order valence-corrected chi connectivity index (χ4v) is 6.73. The largest absolute Gasteiger partial charge is 0.416 e. The first-order valence-electron chi connectivity index (χ1n) is 18.2. The number of pyridine rings is 1. The number of piperidine rings is 1. The number of benzene rings is 3. The van der Waals surface area contributed by atoms with Crippen molar-refractivity contribution in [2.75, 3.05) is 69.7 Å². The Kier molecular flexibility index (Phi) is 12.3. The number of aromatic nitrogens is 1. The van der Waals surface area contributed by atoms with E-state index in [-0.39, 0.29) is 18.0 Å². The number of halogens is 3. The smallest absolute Gasteiger partial charge is 0.379 e. The van der Waals surface area contributed by atoms with E-state index in [1.165, 1.54) is 24.4 Å². The van der Waals surface area contributed by atoms with Gasteiger partial charge in [-0.05, 0) is 98.0 Å². The van der Waals surface area contributed by atoms with Crippen molar-refractivity contribution in [3.8, 4) is 11.3 Å². The van der Waals surface area contributed by atoms with Crippen molar-refractivity contribution < 1.29 is 32.3 Å². The lowest BCUT2D eigenvalue weighted by atomic mass is 10.0. The molecule has 0 atom stereocenters. The van der Waals surface area contributed by atoms with Crippen LogP contribution in [0.25, 0.3) is 11.3 Å². The van der Waals surface area contributed by atoms with Crippen LogP contribution in [0.15, 0.2) is 79.0 Å². The van der Waals surface area contributed by atoms with Gasteiger partial charge in [0, 0.05) is 87.0 Å². The number of likely N-dealkylation sites (N-methyl/N-ethyl adjacent to an activating group) is 1. The summed E-state index contributed by atoms with van der Waals surface area (Å²) in [6.45, 7) is 7.80. The van der Waals surface area contributed by atoms with Gasteiger partial charge in [0.2, 0.25) is 0 Å². The van der Waals surface area contributed by atoms with Crippen molar-refractivity contribution in [3.05, 3.63) is 112 Å². The van der Waals surface area contributed by atoms with Crippen molar-refractivity contribution in [2.45, 2.75) is 38.9 Å². The Morgan fingerprint density at radius 1 is 0.852 bits per heavy atom. The normalized spacial score (nSPS) is 15.1. The van der Waals surface area contributed by atoms with Gasteiger partial charge in [-0.3, -0.25) is 24.3 Å². The van der Waals surface area contributed by atoms with Crippen LogP contribution in [0.3, 0.4) is 0 Å². The maximum atomic E-state index is 13.9. The zero-order chi connectivity index (χ0) is 38.2. The highest BCUT2D eigenvalue weighted by Crippen LogP contribution is 2.34. The third kappa shape index (κ3) is 9.83. The number of rotatable bonds is 11. The number of amides is 3. The Hall–Kier alpha value is -5.27. The molecule has 2 saturated heterocycles. The van der Waals surface area contributed by atoms with E-state index in [0.717, 1.165) is 75.4 Å². The first kappa shape index (κ1) is 38.5. The van der Waals surface area contributed by atoms with Gasteiger partial charge in [-0.15, -0.1) is 0 Å². The fraction of sp³-hybridized carbons (Fsp3) is 0.366. The van der Waals surface area contributed by atoms with Crippen LogP contribution in [0.1, 0.15) is 67.0 Å². The Labute approximate surface area is 313 Å². The topological polar surface area (TPSA) is 107 Å². The second-order valence-electron chi connectivity index (χ2n) is 13.8. The summed E-state index contributed by atoms with van der Waals surface area (Å²) >= 11 is 0. The van der Waals surface area contributed by atoms with Gasteiger partial charge in [0.15, 0.2) is 0 Å². The second kappa shape index (κ2) is 17.3. The van der Waals surface area contributed by atoms with E-state index in [2.05, 4.69) is 25.4 Å². The van der Waals surface area contributed by atoms with Crippen LogP contribution in [-0.2, 0) is 17.5 Å². The molecule has 1 aromatic heterocycles. The number of anilines is 2. The Bertz CT molecular complexity index is 1970. The molecule has 0 unspecified atom stereocenters. The maximum absolute atomic E-state index is 13.9. The van der Waals surface area contributed by atoms with Crippen molar-refractivity contribution in [2.24, 2.45) is 0 Å². The molecule has 0 radical (unpaired) electrons. The summed E-state index contributed by atoms with van der Waals surface area (Å²) in [5.41, 5.74) is 3.71.